The minimum absolute atomic E-state index is 0.178. The van der Waals surface area contributed by atoms with E-state index in [1.807, 2.05) is 13.0 Å². The largest absolute Gasteiger partial charge is 0.490 e. The zero-order valence-corrected chi connectivity index (χ0v) is 11.0. The summed E-state index contributed by atoms with van der Waals surface area (Å²) in [6, 6.07) is 1.43. The van der Waals surface area contributed by atoms with E-state index in [1.165, 1.54) is 12.3 Å². The number of fused-ring (bicyclic) bond motifs is 2. The Kier molecular flexibility index (Phi) is 2.64. The van der Waals surface area contributed by atoms with Crippen LogP contribution in [0.4, 0.5) is 0 Å². The number of aromatic nitrogens is 1. The summed E-state index contributed by atoms with van der Waals surface area (Å²) in [4.78, 5) is 26.7. The fourth-order valence-corrected chi connectivity index (χ4v) is 2.81. The van der Waals surface area contributed by atoms with E-state index in [9.17, 15) is 9.59 Å². The highest BCUT2D eigenvalue weighted by atomic mass is 16.5. The molecule has 3 rings (SSSR count). The molecule has 5 heteroatoms. The molecular weight excluding hydrogens is 256 g/mol. The van der Waals surface area contributed by atoms with E-state index >= 15 is 0 Å². The van der Waals surface area contributed by atoms with Gasteiger partial charge in [0, 0.05) is 23.5 Å². The molecule has 5 nitrogen and oxygen atoms in total. The number of H-pyrrole nitrogens is 1. The first-order valence-corrected chi connectivity index (χ1v) is 6.31. The topological polar surface area (TPSA) is 71.2 Å². The molecule has 0 radical (unpaired) electrons. The first-order chi connectivity index (χ1) is 9.63. The van der Waals surface area contributed by atoms with Crippen molar-refractivity contribution in [1.29, 1.82) is 0 Å². The second kappa shape index (κ2) is 4.23. The van der Waals surface area contributed by atoms with Gasteiger partial charge in [-0.05, 0) is 12.5 Å². The number of allylic oxidation sites excluding steroid dienone is 4. The number of pyridine rings is 1. The van der Waals surface area contributed by atoms with Gasteiger partial charge in [0.1, 0.15) is 17.8 Å². The Bertz CT molecular complexity index is 727. The molecule has 2 N–H and O–H groups in total. The van der Waals surface area contributed by atoms with Gasteiger partial charge in [-0.25, -0.2) is 0 Å². The second-order valence-electron chi connectivity index (χ2n) is 4.74. The van der Waals surface area contributed by atoms with Gasteiger partial charge in [0.2, 0.25) is 11.5 Å². The summed E-state index contributed by atoms with van der Waals surface area (Å²) in [5.41, 5.74) is 0.896. The first-order valence-electron chi connectivity index (χ1n) is 6.31. The molecule has 2 aliphatic heterocycles. The second-order valence-corrected chi connectivity index (χ2v) is 4.74. The summed E-state index contributed by atoms with van der Waals surface area (Å²) >= 11 is 0. The Labute approximate surface area is 115 Å². The van der Waals surface area contributed by atoms with Gasteiger partial charge in [0.05, 0.1) is 0 Å². The number of hydrogen-bond donors (Lipinski definition) is 2. The molecule has 20 heavy (non-hydrogen) atoms. The number of aromatic amines is 1. The van der Waals surface area contributed by atoms with Crippen LogP contribution in [0.2, 0.25) is 0 Å². The summed E-state index contributed by atoms with van der Waals surface area (Å²) in [7, 11) is 0. The highest BCUT2D eigenvalue weighted by Crippen LogP contribution is 2.48. The SMILES string of the molecule is C=C/C=C1\C(=C/C)NC(=O)C12COc1c[nH]c(=O)cc12. The molecule has 1 fully saturated rings. The van der Waals surface area contributed by atoms with Crippen LogP contribution in [-0.4, -0.2) is 17.5 Å². The van der Waals surface area contributed by atoms with Crippen molar-refractivity contribution in [2.75, 3.05) is 6.61 Å². The van der Waals surface area contributed by atoms with Crippen molar-refractivity contribution in [2.45, 2.75) is 12.3 Å². The molecule has 0 saturated carbocycles. The van der Waals surface area contributed by atoms with Crippen LogP contribution >= 0.6 is 0 Å². The predicted molar refractivity (Wildman–Crippen MR) is 74.4 cm³/mol. The van der Waals surface area contributed by atoms with E-state index in [2.05, 4.69) is 16.9 Å². The van der Waals surface area contributed by atoms with Gasteiger partial charge in [-0.3, -0.25) is 9.59 Å². The summed E-state index contributed by atoms with van der Waals surface area (Å²) in [6.45, 7) is 5.72. The molecule has 0 aliphatic carbocycles. The summed E-state index contributed by atoms with van der Waals surface area (Å²) in [6.07, 6.45) is 6.74. The number of carbonyl (C=O) groups is 1. The number of nitrogens with one attached hydrogen (secondary N) is 2. The number of rotatable bonds is 1. The van der Waals surface area contributed by atoms with Gasteiger partial charge in [0.25, 0.3) is 0 Å². The molecule has 1 aromatic heterocycles. The van der Waals surface area contributed by atoms with E-state index in [0.29, 0.717) is 11.3 Å². The van der Waals surface area contributed by atoms with Crippen LogP contribution in [0, 0.1) is 0 Å². The monoisotopic (exact) mass is 270 g/mol. The molecule has 1 spiro atoms. The van der Waals surface area contributed by atoms with Gasteiger partial charge in [-0.1, -0.05) is 24.8 Å². The Morgan fingerprint density at radius 2 is 2.25 bits per heavy atom. The molecule has 0 aromatic carbocycles. The highest BCUT2D eigenvalue weighted by molar-refractivity contribution is 6.00. The molecule has 1 amide bonds. The van der Waals surface area contributed by atoms with E-state index in [4.69, 9.17) is 4.74 Å². The van der Waals surface area contributed by atoms with Crippen molar-refractivity contribution in [3.05, 3.63) is 64.3 Å². The standard InChI is InChI=1S/C15H14N2O3/c1-3-5-9-11(4-2)17-14(19)15(9)8-20-12-7-16-13(18)6-10(12)15/h3-7H,1,8H2,2H3,(H,16,18)(H,17,19)/b9-5+,11-4+. The Morgan fingerprint density at radius 3 is 2.95 bits per heavy atom. The quantitative estimate of drug-likeness (QED) is 0.804. The van der Waals surface area contributed by atoms with Crippen LogP contribution in [0.25, 0.3) is 0 Å². The average molecular weight is 270 g/mol. The third kappa shape index (κ3) is 1.43. The Balaban J connectivity index is 2.31. The van der Waals surface area contributed by atoms with Gasteiger partial charge in [0.15, 0.2) is 0 Å². The zero-order chi connectivity index (χ0) is 14.3. The molecule has 1 atom stereocenters. The van der Waals surface area contributed by atoms with Crippen molar-refractivity contribution >= 4 is 5.91 Å². The molecular formula is C15H14N2O3. The number of amides is 1. The number of carbonyl (C=O) groups excluding carboxylic acids is 1. The number of ether oxygens (including phenoxy) is 1. The lowest BCUT2D eigenvalue weighted by molar-refractivity contribution is -0.123. The van der Waals surface area contributed by atoms with Gasteiger partial charge in [-0.2, -0.15) is 0 Å². The lowest BCUT2D eigenvalue weighted by Gasteiger charge is -2.20. The van der Waals surface area contributed by atoms with Crippen molar-refractivity contribution in [3.63, 3.8) is 0 Å². The van der Waals surface area contributed by atoms with Gasteiger partial charge < -0.3 is 15.0 Å². The lowest BCUT2D eigenvalue weighted by Crippen LogP contribution is -2.38. The molecule has 1 aromatic rings. The van der Waals surface area contributed by atoms with E-state index in [1.54, 1.807) is 12.2 Å². The summed E-state index contributed by atoms with van der Waals surface area (Å²) in [5, 5.41) is 2.85. The van der Waals surface area contributed by atoms with Crippen molar-refractivity contribution in [2.24, 2.45) is 0 Å². The van der Waals surface area contributed by atoms with Crippen molar-refractivity contribution in [3.8, 4) is 5.75 Å². The fourth-order valence-electron chi connectivity index (χ4n) is 2.81. The molecule has 1 unspecified atom stereocenters. The van der Waals surface area contributed by atoms with Crippen LogP contribution in [0.3, 0.4) is 0 Å². The first kappa shape index (κ1) is 12.5. The van der Waals surface area contributed by atoms with Crippen LogP contribution in [0.5, 0.6) is 5.75 Å². The lowest BCUT2D eigenvalue weighted by atomic mass is 9.76. The smallest absolute Gasteiger partial charge is 0.248 e. The Hall–Kier alpha value is -2.56. The Morgan fingerprint density at radius 1 is 1.45 bits per heavy atom. The zero-order valence-electron chi connectivity index (χ0n) is 11.0. The maximum Gasteiger partial charge on any atom is 0.248 e. The molecule has 102 valence electrons. The minimum atomic E-state index is -0.959. The highest BCUT2D eigenvalue weighted by Gasteiger charge is 2.55. The molecule has 0 bridgehead atoms. The summed E-state index contributed by atoms with van der Waals surface area (Å²) < 4.78 is 5.60. The van der Waals surface area contributed by atoms with Crippen LogP contribution in [0.1, 0.15) is 12.5 Å². The summed E-state index contributed by atoms with van der Waals surface area (Å²) in [5.74, 6) is 0.357. The molecule has 2 aliphatic rings. The van der Waals surface area contributed by atoms with E-state index < -0.39 is 5.41 Å². The maximum absolute atomic E-state index is 12.5. The normalized spacial score (nSPS) is 27.8. The minimum Gasteiger partial charge on any atom is -0.490 e. The molecule has 3 heterocycles. The van der Waals surface area contributed by atoms with E-state index in [0.717, 1.165) is 11.3 Å². The van der Waals surface area contributed by atoms with Crippen LogP contribution < -0.4 is 15.6 Å². The maximum atomic E-state index is 12.5. The fraction of sp³-hybridized carbons (Fsp3) is 0.200. The number of hydrogen-bond acceptors (Lipinski definition) is 3. The van der Waals surface area contributed by atoms with Gasteiger partial charge >= 0.3 is 0 Å². The average Bonchev–Trinajstić information content (AvgIpc) is 2.94. The van der Waals surface area contributed by atoms with E-state index in [-0.39, 0.29) is 18.1 Å². The predicted octanol–water partition coefficient (Wildman–Crippen LogP) is 1.15. The third-order valence-corrected chi connectivity index (χ3v) is 3.75. The molecule has 1 saturated heterocycles. The van der Waals surface area contributed by atoms with Crippen LogP contribution in [-0.2, 0) is 10.2 Å². The van der Waals surface area contributed by atoms with Crippen molar-refractivity contribution < 1.29 is 9.53 Å². The van der Waals surface area contributed by atoms with Crippen LogP contribution in [0.15, 0.2) is 53.1 Å². The van der Waals surface area contributed by atoms with Gasteiger partial charge in [-0.15, -0.1) is 0 Å². The van der Waals surface area contributed by atoms with Crippen molar-refractivity contribution in [1.82, 2.24) is 10.3 Å². The third-order valence-electron chi connectivity index (χ3n) is 3.75.